The second kappa shape index (κ2) is 12.5. The first-order chi connectivity index (χ1) is 18.2. The molecule has 10 heteroatoms. The van der Waals surface area contributed by atoms with E-state index in [-0.39, 0.29) is 53.1 Å². The lowest BCUT2D eigenvalue weighted by Gasteiger charge is -2.21. The monoisotopic (exact) mass is 572 g/mol. The SMILES string of the molecule is CN(C(=O)Cc1cccc(Cl)c1)c1ccc(Cl)c(C(=O)NCCNC(=O)N[C@@H]2CCc3ccccc32)c1Cl. The van der Waals surface area contributed by atoms with Crippen LogP contribution in [0.2, 0.25) is 15.1 Å². The normalized spacial score (nSPS) is 13.9. The molecule has 0 fully saturated rings. The third kappa shape index (κ3) is 6.59. The molecule has 0 bridgehead atoms. The summed E-state index contributed by atoms with van der Waals surface area (Å²) in [4.78, 5) is 39.5. The predicted molar refractivity (Wildman–Crippen MR) is 151 cm³/mol. The second-order valence-corrected chi connectivity index (χ2v) is 10.2. The molecule has 0 aliphatic heterocycles. The van der Waals surface area contributed by atoms with Crippen molar-refractivity contribution in [2.24, 2.45) is 0 Å². The molecule has 1 aliphatic rings. The molecule has 4 amide bonds. The Kier molecular flexibility index (Phi) is 9.15. The number of likely N-dealkylation sites (N-methyl/N-ethyl adjacent to an activating group) is 1. The largest absolute Gasteiger partial charge is 0.350 e. The van der Waals surface area contributed by atoms with E-state index in [1.807, 2.05) is 18.2 Å². The Morgan fingerprint density at radius 1 is 0.947 bits per heavy atom. The van der Waals surface area contributed by atoms with Crippen molar-refractivity contribution in [3.05, 3.63) is 98.0 Å². The summed E-state index contributed by atoms with van der Waals surface area (Å²) < 4.78 is 0. The zero-order valence-corrected chi connectivity index (χ0v) is 23.0. The van der Waals surface area contributed by atoms with Crippen molar-refractivity contribution < 1.29 is 14.4 Å². The van der Waals surface area contributed by atoms with E-state index >= 15 is 0 Å². The summed E-state index contributed by atoms with van der Waals surface area (Å²) in [6.07, 6.45) is 1.89. The Morgan fingerprint density at radius 3 is 2.50 bits per heavy atom. The van der Waals surface area contributed by atoms with Gasteiger partial charge in [-0.3, -0.25) is 9.59 Å². The number of hydrogen-bond acceptors (Lipinski definition) is 3. The van der Waals surface area contributed by atoms with Crippen LogP contribution >= 0.6 is 34.8 Å². The van der Waals surface area contributed by atoms with E-state index in [4.69, 9.17) is 34.8 Å². The van der Waals surface area contributed by atoms with Crippen LogP contribution < -0.4 is 20.9 Å². The zero-order valence-electron chi connectivity index (χ0n) is 20.7. The molecule has 0 saturated heterocycles. The maximum absolute atomic E-state index is 12.9. The lowest BCUT2D eigenvalue weighted by atomic mass is 10.1. The quantitative estimate of drug-likeness (QED) is 0.308. The average Bonchev–Trinajstić information content (AvgIpc) is 3.29. The Balaban J connectivity index is 1.31. The Labute approximate surface area is 236 Å². The fourth-order valence-corrected chi connectivity index (χ4v) is 5.32. The van der Waals surface area contributed by atoms with E-state index in [1.165, 1.54) is 16.5 Å². The van der Waals surface area contributed by atoms with Gasteiger partial charge in [0.2, 0.25) is 5.91 Å². The fourth-order valence-electron chi connectivity index (χ4n) is 4.44. The van der Waals surface area contributed by atoms with Gasteiger partial charge >= 0.3 is 6.03 Å². The summed E-state index contributed by atoms with van der Waals surface area (Å²) in [6, 6.07) is 17.9. The summed E-state index contributed by atoms with van der Waals surface area (Å²) in [5, 5.41) is 9.20. The average molecular weight is 574 g/mol. The summed E-state index contributed by atoms with van der Waals surface area (Å²) in [7, 11) is 1.58. The lowest BCUT2D eigenvalue weighted by molar-refractivity contribution is -0.117. The minimum atomic E-state index is -0.510. The number of halogens is 3. The van der Waals surface area contributed by atoms with Gasteiger partial charge in [-0.05, 0) is 53.8 Å². The first-order valence-corrected chi connectivity index (χ1v) is 13.3. The van der Waals surface area contributed by atoms with Gasteiger partial charge in [0.25, 0.3) is 5.91 Å². The third-order valence-corrected chi connectivity index (χ3v) is 7.34. The van der Waals surface area contributed by atoms with Gasteiger partial charge in [0, 0.05) is 25.2 Å². The molecule has 38 heavy (non-hydrogen) atoms. The highest BCUT2D eigenvalue weighted by atomic mass is 35.5. The molecule has 0 saturated carbocycles. The molecule has 3 aromatic carbocycles. The van der Waals surface area contributed by atoms with Crippen molar-refractivity contribution in [3.8, 4) is 0 Å². The van der Waals surface area contributed by atoms with Crippen LogP contribution in [0.25, 0.3) is 0 Å². The number of rotatable bonds is 8. The summed E-state index contributed by atoms with van der Waals surface area (Å²) in [5.74, 6) is -0.743. The smallest absolute Gasteiger partial charge is 0.315 e. The molecule has 0 aromatic heterocycles. The summed E-state index contributed by atoms with van der Waals surface area (Å²) in [5.41, 5.74) is 3.54. The van der Waals surface area contributed by atoms with Crippen LogP contribution in [0.4, 0.5) is 10.5 Å². The van der Waals surface area contributed by atoms with Gasteiger partial charge in [-0.15, -0.1) is 0 Å². The van der Waals surface area contributed by atoms with E-state index in [9.17, 15) is 14.4 Å². The van der Waals surface area contributed by atoms with Gasteiger partial charge < -0.3 is 20.9 Å². The minimum Gasteiger partial charge on any atom is -0.350 e. The molecule has 3 N–H and O–H groups in total. The van der Waals surface area contributed by atoms with E-state index < -0.39 is 5.91 Å². The predicted octanol–water partition coefficient (Wildman–Crippen LogP) is 5.57. The van der Waals surface area contributed by atoms with Crippen molar-refractivity contribution in [3.63, 3.8) is 0 Å². The van der Waals surface area contributed by atoms with Crippen molar-refractivity contribution in [2.75, 3.05) is 25.0 Å². The molecule has 7 nitrogen and oxygen atoms in total. The van der Waals surface area contributed by atoms with Gasteiger partial charge in [0.15, 0.2) is 0 Å². The molecule has 198 valence electrons. The van der Waals surface area contributed by atoms with E-state index in [1.54, 1.807) is 37.4 Å². The molecule has 1 aliphatic carbocycles. The summed E-state index contributed by atoms with van der Waals surface area (Å²) in [6.45, 7) is 0.368. The molecule has 0 heterocycles. The van der Waals surface area contributed by atoms with E-state index in [2.05, 4.69) is 22.0 Å². The Bertz CT molecular complexity index is 1360. The topological polar surface area (TPSA) is 90.5 Å². The van der Waals surface area contributed by atoms with Crippen LogP contribution in [-0.2, 0) is 17.6 Å². The standard InChI is InChI=1S/C28H27Cl3N4O3/c1-35(24(36)16-17-5-4-7-19(29)15-17)23-12-10-21(30)25(26(23)31)27(37)32-13-14-33-28(38)34-22-11-9-18-6-2-3-8-20(18)22/h2-8,10,12,15,22H,9,11,13-14,16H2,1H3,(H,32,37)(H2,33,34,38)/t22-/m1/s1. The van der Waals surface area contributed by atoms with Crippen LogP contribution in [-0.4, -0.2) is 38.0 Å². The van der Waals surface area contributed by atoms with E-state index in [0.29, 0.717) is 10.7 Å². The maximum Gasteiger partial charge on any atom is 0.315 e. The number of hydrogen-bond donors (Lipinski definition) is 3. The fraction of sp³-hybridized carbons (Fsp3) is 0.250. The molecule has 4 rings (SSSR count). The van der Waals surface area contributed by atoms with Crippen molar-refractivity contribution in [2.45, 2.75) is 25.3 Å². The van der Waals surface area contributed by atoms with Gasteiger partial charge in [-0.1, -0.05) is 71.2 Å². The van der Waals surface area contributed by atoms with Crippen LogP contribution in [0.15, 0.2) is 60.7 Å². The van der Waals surface area contributed by atoms with Gasteiger partial charge in [0.1, 0.15) is 0 Å². The zero-order chi connectivity index (χ0) is 27.2. The number of nitrogens with zero attached hydrogens (tertiary/aromatic N) is 1. The maximum atomic E-state index is 12.9. The first kappa shape index (κ1) is 27.8. The molecule has 0 radical (unpaired) electrons. The van der Waals surface area contributed by atoms with Gasteiger partial charge in [0.05, 0.1) is 33.8 Å². The minimum absolute atomic E-state index is 0.0280. The molecular weight excluding hydrogens is 547 g/mol. The second-order valence-electron chi connectivity index (χ2n) is 8.96. The third-order valence-electron chi connectivity index (χ3n) is 6.41. The van der Waals surface area contributed by atoms with Crippen molar-refractivity contribution in [1.82, 2.24) is 16.0 Å². The van der Waals surface area contributed by atoms with Gasteiger partial charge in [-0.25, -0.2) is 4.79 Å². The number of urea groups is 1. The Morgan fingerprint density at radius 2 is 1.71 bits per heavy atom. The van der Waals surface area contributed by atoms with Crippen LogP contribution in [0.1, 0.15) is 39.5 Å². The molecule has 0 spiro atoms. The Hall–Kier alpha value is -3.26. The number of nitrogens with one attached hydrogen (secondary N) is 3. The number of anilines is 1. The number of fused-ring (bicyclic) bond motifs is 1. The highest BCUT2D eigenvalue weighted by molar-refractivity contribution is 6.41. The molecule has 0 unspecified atom stereocenters. The van der Waals surface area contributed by atoms with Gasteiger partial charge in [-0.2, -0.15) is 0 Å². The molecule has 3 aromatic rings. The first-order valence-electron chi connectivity index (χ1n) is 12.1. The number of amides is 4. The number of benzene rings is 3. The molecule has 1 atom stereocenters. The highest BCUT2D eigenvalue weighted by Gasteiger charge is 2.24. The summed E-state index contributed by atoms with van der Waals surface area (Å²) >= 11 is 18.8. The number of carbonyl (C=O) groups is 3. The van der Waals surface area contributed by atoms with Crippen molar-refractivity contribution >= 4 is 58.3 Å². The highest BCUT2D eigenvalue weighted by Crippen LogP contribution is 2.34. The number of aryl methyl sites for hydroxylation is 1. The van der Waals surface area contributed by atoms with Crippen LogP contribution in [0.5, 0.6) is 0 Å². The number of carbonyl (C=O) groups excluding carboxylic acids is 3. The van der Waals surface area contributed by atoms with E-state index in [0.717, 1.165) is 24.0 Å². The van der Waals surface area contributed by atoms with Crippen molar-refractivity contribution in [1.29, 1.82) is 0 Å². The lowest BCUT2D eigenvalue weighted by Crippen LogP contribution is -2.41. The van der Waals surface area contributed by atoms with Crippen LogP contribution in [0.3, 0.4) is 0 Å². The molecular formula is C28H27Cl3N4O3. The van der Waals surface area contributed by atoms with Crippen LogP contribution in [0, 0.1) is 0 Å².